The summed E-state index contributed by atoms with van der Waals surface area (Å²) in [5.41, 5.74) is 2.72. The van der Waals surface area contributed by atoms with E-state index in [4.69, 9.17) is 0 Å². The van der Waals surface area contributed by atoms with Crippen LogP contribution in [0.1, 0.15) is 36.8 Å². The number of nitrogens with one attached hydrogen (secondary N) is 1. The lowest BCUT2D eigenvalue weighted by Crippen LogP contribution is -2.13. The van der Waals surface area contributed by atoms with Crippen LogP contribution in [0.4, 0.5) is 0 Å². The lowest BCUT2D eigenvalue weighted by Gasteiger charge is -2.17. The summed E-state index contributed by atoms with van der Waals surface area (Å²) < 4.78 is 0.988. The zero-order chi connectivity index (χ0) is 11.9. The standard InChI is InChI=1S/C13H14BrNO/c1-13(2,3)12-10(7-16)9-6-8(14)4-5-11(9)15-12/h4-7,15H,1-3H3. The average molecular weight is 280 g/mol. The van der Waals surface area contributed by atoms with Gasteiger partial charge in [-0.15, -0.1) is 0 Å². The van der Waals surface area contributed by atoms with Crippen molar-refractivity contribution in [1.29, 1.82) is 0 Å². The molecule has 16 heavy (non-hydrogen) atoms. The minimum atomic E-state index is -0.0538. The summed E-state index contributed by atoms with van der Waals surface area (Å²) in [7, 11) is 0. The van der Waals surface area contributed by atoms with Crippen LogP contribution in [0.15, 0.2) is 22.7 Å². The summed E-state index contributed by atoms with van der Waals surface area (Å²) in [6, 6.07) is 5.94. The van der Waals surface area contributed by atoms with Crippen LogP contribution in [0, 0.1) is 0 Å². The zero-order valence-electron chi connectivity index (χ0n) is 9.60. The van der Waals surface area contributed by atoms with Gasteiger partial charge >= 0.3 is 0 Å². The molecule has 1 aromatic carbocycles. The van der Waals surface area contributed by atoms with Gasteiger partial charge in [-0.05, 0) is 18.2 Å². The van der Waals surface area contributed by atoms with Crippen LogP contribution in [0.25, 0.3) is 10.9 Å². The smallest absolute Gasteiger partial charge is 0.152 e. The fourth-order valence-electron chi connectivity index (χ4n) is 1.90. The highest BCUT2D eigenvalue weighted by Gasteiger charge is 2.22. The van der Waals surface area contributed by atoms with E-state index in [1.165, 1.54) is 0 Å². The lowest BCUT2D eigenvalue weighted by atomic mass is 9.89. The van der Waals surface area contributed by atoms with Crippen molar-refractivity contribution in [3.8, 4) is 0 Å². The molecular formula is C13H14BrNO. The lowest BCUT2D eigenvalue weighted by molar-refractivity contribution is 0.112. The molecule has 0 bridgehead atoms. The van der Waals surface area contributed by atoms with Gasteiger partial charge < -0.3 is 4.98 Å². The number of aromatic amines is 1. The summed E-state index contributed by atoms with van der Waals surface area (Å²) in [6.45, 7) is 6.29. The molecule has 0 saturated heterocycles. The molecule has 0 amide bonds. The molecule has 1 N–H and O–H groups in total. The van der Waals surface area contributed by atoms with Gasteiger partial charge in [0.15, 0.2) is 6.29 Å². The number of hydrogen-bond acceptors (Lipinski definition) is 1. The molecule has 0 aliphatic carbocycles. The van der Waals surface area contributed by atoms with Gasteiger partial charge in [0, 0.05) is 32.0 Å². The van der Waals surface area contributed by atoms with E-state index in [-0.39, 0.29) is 5.41 Å². The van der Waals surface area contributed by atoms with Gasteiger partial charge in [-0.2, -0.15) is 0 Å². The van der Waals surface area contributed by atoms with Crippen LogP contribution in [-0.4, -0.2) is 11.3 Å². The molecule has 2 rings (SSSR count). The maximum absolute atomic E-state index is 11.2. The molecule has 1 aromatic heterocycles. The number of hydrogen-bond donors (Lipinski definition) is 1. The molecule has 0 aliphatic heterocycles. The van der Waals surface area contributed by atoms with Crippen LogP contribution in [-0.2, 0) is 5.41 Å². The Morgan fingerprint density at radius 3 is 2.56 bits per heavy atom. The van der Waals surface area contributed by atoms with E-state index < -0.39 is 0 Å². The molecule has 0 fully saturated rings. The van der Waals surface area contributed by atoms with Gasteiger partial charge in [-0.3, -0.25) is 4.79 Å². The first-order chi connectivity index (χ1) is 7.43. The molecule has 0 spiro atoms. The van der Waals surface area contributed by atoms with Crippen molar-refractivity contribution in [2.24, 2.45) is 0 Å². The van der Waals surface area contributed by atoms with Crippen LogP contribution >= 0.6 is 15.9 Å². The van der Waals surface area contributed by atoms with Crippen molar-refractivity contribution in [3.05, 3.63) is 33.9 Å². The van der Waals surface area contributed by atoms with Crippen LogP contribution < -0.4 is 0 Å². The third-order valence-corrected chi connectivity index (χ3v) is 3.16. The molecule has 0 saturated carbocycles. The molecule has 2 nitrogen and oxygen atoms in total. The number of H-pyrrole nitrogens is 1. The second-order valence-electron chi connectivity index (χ2n) is 4.97. The molecule has 0 atom stereocenters. The molecule has 0 aliphatic rings. The Bertz CT molecular complexity index is 549. The number of halogens is 1. The number of carbonyl (C=O) groups excluding carboxylic acids is 1. The van der Waals surface area contributed by atoms with E-state index in [2.05, 4.69) is 41.7 Å². The topological polar surface area (TPSA) is 32.9 Å². The van der Waals surface area contributed by atoms with Crippen LogP contribution in [0.5, 0.6) is 0 Å². The summed E-state index contributed by atoms with van der Waals surface area (Å²) in [6.07, 6.45) is 0.936. The predicted molar refractivity (Wildman–Crippen MR) is 70.1 cm³/mol. The average Bonchev–Trinajstić information content (AvgIpc) is 2.54. The maximum atomic E-state index is 11.2. The van der Waals surface area contributed by atoms with E-state index in [9.17, 15) is 4.79 Å². The van der Waals surface area contributed by atoms with Gasteiger partial charge in [-0.25, -0.2) is 0 Å². The van der Waals surface area contributed by atoms with Crippen LogP contribution in [0.2, 0.25) is 0 Å². The van der Waals surface area contributed by atoms with E-state index in [1.807, 2.05) is 18.2 Å². The van der Waals surface area contributed by atoms with E-state index in [0.29, 0.717) is 0 Å². The first kappa shape index (κ1) is 11.4. The highest BCUT2D eigenvalue weighted by atomic mass is 79.9. The number of carbonyl (C=O) groups is 1. The SMILES string of the molecule is CC(C)(C)c1[nH]c2ccc(Br)cc2c1C=O. The Morgan fingerprint density at radius 1 is 1.31 bits per heavy atom. The Balaban J connectivity index is 2.82. The second-order valence-corrected chi connectivity index (χ2v) is 5.89. The number of rotatable bonds is 1. The predicted octanol–water partition coefficient (Wildman–Crippen LogP) is 4.04. The van der Waals surface area contributed by atoms with Crippen molar-refractivity contribution in [2.45, 2.75) is 26.2 Å². The maximum Gasteiger partial charge on any atom is 0.152 e. The summed E-state index contributed by atoms with van der Waals surface area (Å²) >= 11 is 3.43. The van der Waals surface area contributed by atoms with Gasteiger partial charge in [0.05, 0.1) is 0 Å². The first-order valence-corrected chi connectivity index (χ1v) is 5.99. The van der Waals surface area contributed by atoms with E-state index >= 15 is 0 Å². The van der Waals surface area contributed by atoms with Crippen molar-refractivity contribution in [2.75, 3.05) is 0 Å². The normalized spacial score (nSPS) is 12.0. The van der Waals surface area contributed by atoms with Crippen molar-refractivity contribution in [1.82, 2.24) is 4.98 Å². The molecule has 84 valence electrons. The number of fused-ring (bicyclic) bond motifs is 1. The number of aromatic nitrogens is 1. The van der Waals surface area contributed by atoms with E-state index in [1.54, 1.807) is 0 Å². The molecular weight excluding hydrogens is 266 g/mol. The third kappa shape index (κ3) is 1.80. The number of aldehydes is 1. The summed E-state index contributed by atoms with van der Waals surface area (Å²) in [5, 5.41) is 0.981. The Labute approximate surface area is 103 Å². The molecule has 2 aromatic rings. The number of benzene rings is 1. The minimum Gasteiger partial charge on any atom is -0.357 e. The third-order valence-electron chi connectivity index (χ3n) is 2.67. The second kappa shape index (κ2) is 3.74. The van der Waals surface area contributed by atoms with Gasteiger partial charge in [0.1, 0.15) is 0 Å². The van der Waals surface area contributed by atoms with E-state index in [0.717, 1.165) is 32.9 Å². The Hall–Kier alpha value is -1.09. The van der Waals surface area contributed by atoms with Crippen LogP contribution in [0.3, 0.4) is 0 Å². The quantitative estimate of drug-likeness (QED) is 0.786. The van der Waals surface area contributed by atoms with Crippen molar-refractivity contribution in [3.63, 3.8) is 0 Å². The fourth-order valence-corrected chi connectivity index (χ4v) is 2.26. The largest absolute Gasteiger partial charge is 0.357 e. The molecule has 0 unspecified atom stereocenters. The first-order valence-electron chi connectivity index (χ1n) is 5.20. The van der Waals surface area contributed by atoms with Crippen molar-refractivity contribution >= 4 is 33.1 Å². The van der Waals surface area contributed by atoms with Crippen molar-refractivity contribution < 1.29 is 4.79 Å². The minimum absolute atomic E-state index is 0.0538. The molecule has 0 radical (unpaired) electrons. The highest BCUT2D eigenvalue weighted by Crippen LogP contribution is 2.31. The van der Waals surface area contributed by atoms with Gasteiger partial charge in [0.25, 0.3) is 0 Å². The molecule has 3 heteroatoms. The Morgan fingerprint density at radius 2 is 2.00 bits per heavy atom. The Kier molecular flexibility index (Phi) is 2.66. The van der Waals surface area contributed by atoms with Gasteiger partial charge in [-0.1, -0.05) is 36.7 Å². The van der Waals surface area contributed by atoms with Gasteiger partial charge in [0.2, 0.25) is 0 Å². The summed E-state index contributed by atoms with van der Waals surface area (Å²) in [4.78, 5) is 14.6. The zero-order valence-corrected chi connectivity index (χ0v) is 11.2. The monoisotopic (exact) mass is 279 g/mol. The molecule has 1 heterocycles. The summed E-state index contributed by atoms with van der Waals surface area (Å²) in [5.74, 6) is 0. The highest BCUT2D eigenvalue weighted by molar-refractivity contribution is 9.10. The fraction of sp³-hybridized carbons (Fsp3) is 0.308.